The van der Waals surface area contributed by atoms with E-state index in [-0.39, 0.29) is 25.7 Å². The second kappa shape index (κ2) is 14.9. The molecular formula is C34H38N4O6. The lowest BCUT2D eigenvalue weighted by Gasteiger charge is -2.44. The molecule has 0 bridgehead atoms. The van der Waals surface area contributed by atoms with E-state index in [4.69, 9.17) is 30.4 Å². The number of ether oxygens (including phenoxy) is 4. The summed E-state index contributed by atoms with van der Waals surface area (Å²) in [5, 5.41) is 16.2. The molecule has 0 saturated carbocycles. The van der Waals surface area contributed by atoms with Gasteiger partial charge in [-0.15, -0.1) is 0 Å². The summed E-state index contributed by atoms with van der Waals surface area (Å²) in [5.74, 6) is -0.686. The maximum Gasteiger partial charge on any atom is 0.242 e. The topological polar surface area (TPSA) is 151 Å². The van der Waals surface area contributed by atoms with Crippen LogP contribution in [0, 0.1) is 0 Å². The first-order valence-corrected chi connectivity index (χ1v) is 14.4. The van der Waals surface area contributed by atoms with Crippen molar-refractivity contribution >= 4 is 22.6 Å². The number of fused-ring (bicyclic) bond motifs is 1. The van der Waals surface area contributed by atoms with Crippen LogP contribution in [-0.2, 0) is 37.0 Å². The summed E-state index contributed by atoms with van der Waals surface area (Å²) in [6.07, 6.45) is -3.71. The predicted octanol–water partition coefficient (Wildman–Crippen LogP) is 3.10. The largest absolute Gasteiger partial charge is 0.388 e. The summed E-state index contributed by atoms with van der Waals surface area (Å²) in [6.45, 7) is 0.300. The van der Waals surface area contributed by atoms with Crippen molar-refractivity contribution in [2.45, 2.75) is 43.9 Å². The molecule has 230 valence electrons. The van der Waals surface area contributed by atoms with Crippen molar-refractivity contribution in [2.75, 3.05) is 20.3 Å². The maximum atomic E-state index is 12.7. The minimum absolute atomic E-state index is 0.0754. The molecule has 10 heteroatoms. The number of aliphatic hydroxyl groups excluding tert-OH is 1. The van der Waals surface area contributed by atoms with Crippen molar-refractivity contribution in [2.24, 2.45) is 16.5 Å². The van der Waals surface area contributed by atoms with Gasteiger partial charge in [-0.3, -0.25) is 4.79 Å². The fourth-order valence-electron chi connectivity index (χ4n) is 5.25. The van der Waals surface area contributed by atoms with Gasteiger partial charge in [0, 0.05) is 7.11 Å². The van der Waals surface area contributed by atoms with Crippen molar-refractivity contribution in [1.82, 2.24) is 5.32 Å². The van der Waals surface area contributed by atoms with Crippen molar-refractivity contribution in [3.8, 4) is 11.1 Å². The molecule has 1 heterocycles. The average molecular weight is 599 g/mol. The third-order valence-electron chi connectivity index (χ3n) is 7.52. The van der Waals surface area contributed by atoms with E-state index < -0.39 is 36.6 Å². The molecule has 10 nitrogen and oxygen atoms in total. The normalized spacial score (nSPS) is 21.5. The number of nitrogens with one attached hydrogen (secondary N) is 1. The number of benzene rings is 4. The maximum absolute atomic E-state index is 12.7. The highest BCUT2D eigenvalue weighted by atomic mass is 16.7. The summed E-state index contributed by atoms with van der Waals surface area (Å²) < 4.78 is 24.1. The first kappa shape index (κ1) is 31.1. The van der Waals surface area contributed by atoms with Gasteiger partial charge in [0.15, 0.2) is 12.2 Å². The smallest absolute Gasteiger partial charge is 0.242 e. The summed E-state index contributed by atoms with van der Waals surface area (Å²) in [6, 6.07) is 31.5. The SMILES string of the molecule is CO[C@H]1[C@H](O)[C@@H](COCc2ccc(-c3ccccc3)cc2)OC(OCc2ccc3ccccc3c2)[C@@H]1NC(=O)CN=C(N)N. The zero-order chi connectivity index (χ0) is 30.9. The lowest BCUT2D eigenvalue weighted by Crippen LogP contribution is -2.65. The number of carbonyl (C=O) groups excluding carboxylic acids is 1. The van der Waals surface area contributed by atoms with Crippen molar-refractivity contribution in [3.05, 3.63) is 108 Å². The molecule has 5 atom stereocenters. The Kier molecular flexibility index (Phi) is 10.5. The Morgan fingerprint density at radius 3 is 2.30 bits per heavy atom. The first-order valence-electron chi connectivity index (χ1n) is 14.4. The van der Waals surface area contributed by atoms with Gasteiger partial charge in [-0.2, -0.15) is 0 Å². The Hall–Kier alpha value is -4.32. The van der Waals surface area contributed by atoms with Gasteiger partial charge >= 0.3 is 0 Å². The van der Waals surface area contributed by atoms with Crippen molar-refractivity contribution in [1.29, 1.82) is 0 Å². The highest BCUT2D eigenvalue weighted by Crippen LogP contribution is 2.27. The van der Waals surface area contributed by atoms with E-state index in [9.17, 15) is 9.90 Å². The van der Waals surface area contributed by atoms with Crippen molar-refractivity contribution < 1.29 is 28.8 Å². The molecule has 4 aromatic rings. The number of methoxy groups -OCH3 is 1. The van der Waals surface area contributed by atoms with Gasteiger partial charge in [0.1, 0.15) is 30.9 Å². The third-order valence-corrected chi connectivity index (χ3v) is 7.52. The van der Waals surface area contributed by atoms with E-state index in [0.717, 1.165) is 33.0 Å². The minimum atomic E-state index is -1.12. The number of amides is 1. The fraction of sp³-hybridized carbons (Fsp3) is 0.294. The molecule has 4 aromatic carbocycles. The zero-order valence-electron chi connectivity index (χ0n) is 24.5. The Labute approximate surface area is 256 Å². The summed E-state index contributed by atoms with van der Waals surface area (Å²) >= 11 is 0. The number of guanidine groups is 1. The third kappa shape index (κ3) is 7.98. The molecular weight excluding hydrogens is 560 g/mol. The van der Waals surface area contributed by atoms with Gasteiger partial charge < -0.3 is 40.8 Å². The molecule has 1 aliphatic rings. The standard InChI is InChI=1S/C34H38N4O6/c1-41-32-30(38-29(39)18-37-34(35)36)33(43-20-23-13-16-25-9-5-6-10-27(25)17-23)44-28(31(32)40)21-42-19-22-11-14-26(15-12-22)24-7-3-2-4-8-24/h2-17,28,30-33,40H,18-21H2,1H3,(H,38,39)(H4,35,36,37)/t28-,30-,31-,32-,33?/m1/s1. The van der Waals surface area contributed by atoms with Crippen LogP contribution in [0.15, 0.2) is 102 Å². The molecule has 1 amide bonds. The van der Waals surface area contributed by atoms with Gasteiger partial charge in [0.2, 0.25) is 5.91 Å². The lowest BCUT2D eigenvalue weighted by atomic mass is 9.96. The van der Waals surface area contributed by atoms with E-state index in [1.165, 1.54) is 7.11 Å². The quantitative estimate of drug-likeness (QED) is 0.144. The molecule has 44 heavy (non-hydrogen) atoms. The molecule has 0 radical (unpaired) electrons. The molecule has 1 saturated heterocycles. The van der Waals surface area contributed by atoms with Crippen LogP contribution in [-0.4, -0.2) is 67.9 Å². The van der Waals surface area contributed by atoms with Gasteiger partial charge in [-0.1, -0.05) is 91.0 Å². The second-order valence-electron chi connectivity index (χ2n) is 10.6. The molecule has 0 aromatic heterocycles. The molecule has 0 spiro atoms. The Bertz CT molecular complexity index is 1540. The van der Waals surface area contributed by atoms with Gasteiger partial charge in [0.05, 0.1) is 19.8 Å². The average Bonchev–Trinajstić information content (AvgIpc) is 3.05. The zero-order valence-corrected chi connectivity index (χ0v) is 24.5. The Morgan fingerprint density at radius 2 is 1.57 bits per heavy atom. The van der Waals surface area contributed by atoms with Crippen LogP contribution in [0.1, 0.15) is 11.1 Å². The number of nitrogens with zero attached hydrogens (tertiary/aromatic N) is 1. The van der Waals surface area contributed by atoms with Crippen molar-refractivity contribution in [3.63, 3.8) is 0 Å². The van der Waals surface area contributed by atoms with Gasteiger partial charge in [-0.05, 0) is 39.1 Å². The lowest BCUT2D eigenvalue weighted by molar-refractivity contribution is -0.279. The first-order chi connectivity index (χ1) is 21.4. The Morgan fingerprint density at radius 1 is 0.886 bits per heavy atom. The number of aliphatic imine (C=N–C) groups is 1. The van der Waals surface area contributed by atoms with Crippen LogP contribution < -0.4 is 16.8 Å². The number of nitrogens with two attached hydrogens (primary N) is 2. The summed E-state index contributed by atoms with van der Waals surface area (Å²) in [7, 11) is 1.46. The highest BCUT2D eigenvalue weighted by molar-refractivity contribution is 5.83. The second-order valence-corrected chi connectivity index (χ2v) is 10.6. The van der Waals surface area contributed by atoms with Crippen LogP contribution in [0.5, 0.6) is 0 Å². The van der Waals surface area contributed by atoms with Gasteiger partial charge in [-0.25, -0.2) is 4.99 Å². The van der Waals surface area contributed by atoms with E-state index in [0.29, 0.717) is 6.61 Å². The van der Waals surface area contributed by atoms with Crippen LogP contribution in [0.2, 0.25) is 0 Å². The summed E-state index contributed by atoms with van der Waals surface area (Å²) in [5.41, 5.74) is 14.9. The van der Waals surface area contributed by atoms with E-state index in [1.54, 1.807) is 0 Å². The Balaban J connectivity index is 1.26. The van der Waals surface area contributed by atoms with Crippen LogP contribution >= 0.6 is 0 Å². The minimum Gasteiger partial charge on any atom is -0.388 e. The molecule has 0 aliphatic carbocycles. The predicted molar refractivity (Wildman–Crippen MR) is 168 cm³/mol. The van der Waals surface area contributed by atoms with Crippen LogP contribution in [0.4, 0.5) is 0 Å². The molecule has 5 rings (SSSR count). The number of hydrogen-bond acceptors (Lipinski definition) is 7. The molecule has 6 N–H and O–H groups in total. The monoisotopic (exact) mass is 598 g/mol. The summed E-state index contributed by atoms with van der Waals surface area (Å²) in [4.78, 5) is 16.4. The van der Waals surface area contributed by atoms with Crippen LogP contribution in [0.25, 0.3) is 21.9 Å². The fourth-order valence-corrected chi connectivity index (χ4v) is 5.25. The van der Waals surface area contributed by atoms with E-state index >= 15 is 0 Å². The van der Waals surface area contributed by atoms with E-state index in [1.807, 2.05) is 84.9 Å². The van der Waals surface area contributed by atoms with Gasteiger partial charge in [0.25, 0.3) is 0 Å². The van der Waals surface area contributed by atoms with E-state index in [2.05, 4.69) is 22.4 Å². The number of rotatable bonds is 12. The molecule has 1 fully saturated rings. The molecule has 1 aliphatic heterocycles. The number of carbonyl (C=O) groups is 1. The highest BCUT2D eigenvalue weighted by Gasteiger charge is 2.47. The number of hydrogen-bond donors (Lipinski definition) is 4. The number of aliphatic hydroxyl groups is 1. The van der Waals surface area contributed by atoms with Crippen LogP contribution in [0.3, 0.4) is 0 Å². The molecule has 1 unspecified atom stereocenters.